The van der Waals surface area contributed by atoms with E-state index in [1.54, 1.807) is 12.1 Å². The zero-order chi connectivity index (χ0) is 9.35. The third-order valence-corrected chi connectivity index (χ3v) is 4.54. The average molecular weight is 361 g/mol. The Balaban J connectivity index is 3.39. The fourth-order valence-electron chi connectivity index (χ4n) is 0.804. The van der Waals surface area contributed by atoms with Gasteiger partial charge in [0.1, 0.15) is 0 Å². The van der Waals surface area contributed by atoms with E-state index in [1.807, 2.05) is 35.6 Å². The summed E-state index contributed by atoms with van der Waals surface area (Å²) in [5, 5.41) is 0. The molecule has 0 radical (unpaired) electrons. The summed E-state index contributed by atoms with van der Waals surface area (Å²) in [7, 11) is -3.25. The van der Waals surface area contributed by atoms with Crippen molar-refractivity contribution in [1.82, 2.24) is 0 Å². The maximum absolute atomic E-state index is 11.1. The van der Waals surface area contributed by atoms with Gasteiger partial charge in [-0.2, -0.15) is 0 Å². The van der Waals surface area contributed by atoms with Crippen molar-refractivity contribution in [2.45, 2.75) is 11.8 Å². The standard InChI is InChI=1S/C7H6BrIO2S/c1-5-2-3-7(6(9)4-5)12(8,10)11/h2-4H,1H3. The quantitative estimate of drug-likeness (QED) is 0.570. The van der Waals surface area contributed by atoms with Gasteiger partial charge in [0.05, 0.1) is 19.7 Å². The lowest BCUT2D eigenvalue weighted by Gasteiger charge is -2.00. The molecule has 5 heteroatoms. The summed E-state index contributed by atoms with van der Waals surface area (Å²) in [4.78, 5) is 0.328. The first kappa shape index (κ1) is 10.5. The van der Waals surface area contributed by atoms with Crippen LogP contribution in [0.2, 0.25) is 0 Å². The minimum Gasteiger partial charge on any atom is -0.212 e. The highest BCUT2D eigenvalue weighted by atomic mass is 127. The molecule has 0 atom stereocenters. The molecule has 1 rings (SSSR count). The van der Waals surface area contributed by atoms with E-state index in [9.17, 15) is 8.42 Å². The lowest BCUT2D eigenvalue weighted by molar-refractivity contribution is 0.611. The molecule has 0 aliphatic carbocycles. The van der Waals surface area contributed by atoms with Gasteiger partial charge >= 0.3 is 0 Å². The molecule has 0 amide bonds. The number of hydrogen-bond donors (Lipinski definition) is 0. The monoisotopic (exact) mass is 360 g/mol. The van der Waals surface area contributed by atoms with Crippen molar-refractivity contribution in [3.63, 3.8) is 0 Å². The third kappa shape index (κ3) is 2.43. The molecule has 0 aliphatic rings. The van der Waals surface area contributed by atoms with Crippen LogP contribution in [0.1, 0.15) is 5.56 Å². The van der Waals surface area contributed by atoms with E-state index in [0.29, 0.717) is 4.90 Å². The lowest BCUT2D eigenvalue weighted by atomic mass is 10.2. The molecule has 0 heterocycles. The minimum atomic E-state index is -3.25. The van der Waals surface area contributed by atoms with Crippen molar-refractivity contribution in [2.75, 3.05) is 0 Å². The first-order valence-corrected chi connectivity index (χ1v) is 7.52. The third-order valence-electron chi connectivity index (χ3n) is 1.35. The van der Waals surface area contributed by atoms with Crippen LogP contribution in [0.5, 0.6) is 0 Å². The highest BCUT2D eigenvalue weighted by Gasteiger charge is 2.12. The van der Waals surface area contributed by atoms with Crippen molar-refractivity contribution in [2.24, 2.45) is 0 Å². The van der Waals surface area contributed by atoms with Gasteiger partial charge in [0.2, 0.25) is 8.27 Å². The highest BCUT2D eigenvalue weighted by molar-refractivity contribution is 14.1. The Kier molecular flexibility index (Phi) is 3.16. The molecular formula is C7H6BrIO2S. The molecule has 66 valence electrons. The van der Waals surface area contributed by atoms with Gasteiger partial charge in [-0.15, -0.1) is 0 Å². The molecule has 0 saturated heterocycles. The number of aryl methyl sites for hydroxylation is 1. The van der Waals surface area contributed by atoms with Crippen molar-refractivity contribution >= 4 is 45.7 Å². The summed E-state index contributed by atoms with van der Waals surface area (Å²) >= 11 is 4.63. The van der Waals surface area contributed by atoms with E-state index in [1.165, 1.54) is 0 Å². The Morgan fingerprint density at radius 3 is 2.42 bits per heavy atom. The van der Waals surface area contributed by atoms with Gasteiger partial charge in [0, 0.05) is 3.57 Å². The normalized spacial score (nSPS) is 11.6. The Labute approximate surface area is 92.6 Å². The van der Waals surface area contributed by atoms with Crippen molar-refractivity contribution in [3.05, 3.63) is 27.3 Å². The van der Waals surface area contributed by atoms with Crippen LogP contribution in [-0.4, -0.2) is 8.42 Å². The van der Waals surface area contributed by atoms with E-state index >= 15 is 0 Å². The molecule has 2 nitrogen and oxygen atoms in total. The SMILES string of the molecule is Cc1ccc(S(=O)(=O)Br)c(I)c1. The van der Waals surface area contributed by atoms with E-state index in [-0.39, 0.29) is 0 Å². The molecule has 0 fully saturated rings. The molecule has 0 N–H and O–H groups in total. The summed E-state index contributed by atoms with van der Waals surface area (Å²) in [5.41, 5.74) is 1.05. The molecule has 0 bridgehead atoms. The molecular weight excluding hydrogens is 355 g/mol. The zero-order valence-corrected chi connectivity index (χ0v) is 10.8. The Bertz CT molecular complexity index is 400. The summed E-state index contributed by atoms with van der Waals surface area (Å²) in [5.74, 6) is 0. The zero-order valence-electron chi connectivity index (χ0n) is 6.21. The number of benzene rings is 1. The molecule has 0 spiro atoms. The second-order valence-corrected chi connectivity index (χ2v) is 7.41. The molecule has 0 aliphatic heterocycles. The topological polar surface area (TPSA) is 34.1 Å². The van der Waals surface area contributed by atoms with Crippen molar-refractivity contribution < 1.29 is 8.42 Å². The summed E-state index contributed by atoms with van der Waals surface area (Å²) in [6.07, 6.45) is 0. The van der Waals surface area contributed by atoms with Gasteiger partial charge in [-0.1, -0.05) is 6.07 Å². The van der Waals surface area contributed by atoms with E-state index in [4.69, 9.17) is 0 Å². The predicted octanol–water partition coefficient (Wildman–Crippen LogP) is 2.68. The van der Waals surface area contributed by atoms with E-state index in [2.05, 4.69) is 14.8 Å². The van der Waals surface area contributed by atoms with Gasteiger partial charge in [-0.05, 0) is 47.2 Å². The molecule has 0 aromatic heterocycles. The largest absolute Gasteiger partial charge is 0.238 e. The molecule has 0 unspecified atom stereocenters. The van der Waals surface area contributed by atoms with Gasteiger partial charge in [0.25, 0.3) is 0 Å². The second-order valence-electron chi connectivity index (χ2n) is 2.37. The predicted molar refractivity (Wildman–Crippen MR) is 60.0 cm³/mol. The van der Waals surface area contributed by atoms with Gasteiger partial charge in [0.15, 0.2) is 0 Å². The fourth-order valence-corrected chi connectivity index (χ4v) is 4.62. The summed E-state index contributed by atoms with van der Waals surface area (Å²) in [6.45, 7) is 1.92. The maximum atomic E-state index is 11.1. The number of hydrogen-bond acceptors (Lipinski definition) is 2. The van der Waals surface area contributed by atoms with Gasteiger partial charge in [-0.3, -0.25) is 0 Å². The van der Waals surface area contributed by atoms with Crippen LogP contribution in [0.4, 0.5) is 0 Å². The van der Waals surface area contributed by atoms with Crippen LogP contribution in [0.15, 0.2) is 23.1 Å². The molecule has 12 heavy (non-hydrogen) atoms. The van der Waals surface area contributed by atoms with Crippen LogP contribution in [-0.2, 0) is 8.27 Å². The molecule has 0 saturated carbocycles. The van der Waals surface area contributed by atoms with E-state index < -0.39 is 8.27 Å². The van der Waals surface area contributed by atoms with E-state index in [0.717, 1.165) is 9.13 Å². The summed E-state index contributed by atoms with van der Waals surface area (Å²) < 4.78 is 22.9. The Hall–Kier alpha value is 0.380. The van der Waals surface area contributed by atoms with Crippen LogP contribution >= 0.6 is 37.4 Å². The number of halogens is 2. The molecule has 1 aromatic carbocycles. The first-order valence-electron chi connectivity index (χ1n) is 3.12. The van der Waals surface area contributed by atoms with Gasteiger partial charge in [-0.25, -0.2) is 8.42 Å². The minimum absolute atomic E-state index is 0.328. The number of rotatable bonds is 1. The van der Waals surface area contributed by atoms with Crippen molar-refractivity contribution in [3.8, 4) is 0 Å². The summed E-state index contributed by atoms with van der Waals surface area (Å²) in [6, 6.07) is 5.20. The van der Waals surface area contributed by atoms with Crippen LogP contribution in [0, 0.1) is 10.5 Å². The molecule has 1 aromatic rings. The highest BCUT2D eigenvalue weighted by Crippen LogP contribution is 2.23. The first-order chi connectivity index (χ1) is 5.41. The van der Waals surface area contributed by atoms with Gasteiger partial charge < -0.3 is 0 Å². The Morgan fingerprint density at radius 2 is 2.00 bits per heavy atom. The average Bonchev–Trinajstić information content (AvgIpc) is 1.83. The van der Waals surface area contributed by atoms with Crippen LogP contribution in [0.3, 0.4) is 0 Å². The Morgan fingerprint density at radius 1 is 1.42 bits per heavy atom. The smallest absolute Gasteiger partial charge is 0.212 e. The lowest BCUT2D eigenvalue weighted by Crippen LogP contribution is -1.93. The van der Waals surface area contributed by atoms with Crippen molar-refractivity contribution in [1.29, 1.82) is 0 Å². The fraction of sp³-hybridized carbons (Fsp3) is 0.143. The maximum Gasteiger partial charge on any atom is 0.238 e. The van der Waals surface area contributed by atoms with Crippen LogP contribution in [0.25, 0.3) is 0 Å². The second kappa shape index (κ2) is 3.63. The van der Waals surface area contributed by atoms with Crippen LogP contribution < -0.4 is 0 Å².